The first-order valence-electron chi connectivity index (χ1n) is 5.84. The second-order valence-electron chi connectivity index (χ2n) is 4.71. The summed E-state index contributed by atoms with van der Waals surface area (Å²) in [7, 11) is 0. The highest BCUT2D eigenvalue weighted by atomic mass is 35.5. The van der Waals surface area contributed by atoms with Gasteiger partial charge in [-0.3, -0.25) is 4.79 Å². The molecule has 1 heterocycles. The smallest absolute Gasteiger partial charge is 0.227 e. The predicted molar refractivity (Wildman–Crippen MR) is 68.9 cm³/mol. The van der Waals surface area contributed by atoms with Crippen molar-refractivity contribution in [2.45, 2.75) is 19.4 Å². The molecule has 3 nitrogen and oxygen atoms in total. The van der Waals surface area contributed by atoms with Gasteiger partial charge in [-0.15, -0.1) is 0 Å². The summed E-state index contributed by atoms with van der Waals surface area (Å²) in [6.45, 7) is 3.49. The lowest BCUT2D eigenvalue weighted by Crippen LogP contribution is -2.33. The summed E-state index contributed by atoms with van der Waals surface area (Å²) in [6, 6.07) is 7.56. The van der Waals surface area contributed by atoms with Gasteiger partial charge in [0.1, 0.15) is 0 Å². The molecule has 2 atom stereocenters. The zero-order valence-corrected chi connectivity index (χ0v) is 10.7. The molecule has 2 rings (SSSR count). The van der Waals surface area contributed by atoms with Gasteiger partial charge >= 0.3 is 0 Å². The van der Waals surface area contributed by atoms with Gasteiger partial charge in [-0.25, -0.2) is 0 Å². The molecule has 2 unspecified atom stereocenters. The zero-order valence-electron chi connectivity index (χ0n) is 9.90. The van der Waals surface area contributed by atoms with Crippen molar-refractivity contribution in [2.75, 3.05) is 13.1 Å². The fourth-order valence-electron chi connectivity index (χ4n) is 2.11. The summed E-state index contributed by atoms with van der Waals surface area (Å²) in [4.78, 5) is 13.9. The van der Waals surface area contributed by atoms with Gasteiger partial charge in [0.15, 0.2) is 0 Å². The van der Waals surface area contributed by atoms with Crippen LogP contribution < -0.4 is 5.73 Å². The second-order valence-corrected chi connectivity index (χ2v) is 5.12. The van der Waals surface area contributed by atoms with Crippen LogP contribution in [0.1, 0.15) is 12.5 Å². The van der Waals surface area contributed by atoms with Crippen LogP contribution in [0.25, 0.3) is 0 Å². The van der Waals surface area contributed by atoms with Crippen molar-refractivity contribution in [3.8, 4) is 0 Å². The van der Waals surface area contributed by atoms with Crippen molar-refractivity contribution in [1.82, 2.24) is 4.90 Å². The molecule has 0 aliphatic carbocycles. The Morgan fingerprint density at radius 3 is 2.76 bits per heavy atom. The molecule has 4 heteroatoms. The van der Waals surface area contributed by atoms with Gasteiger partial charge in [0.25, 0.3) is 0 Å². The van der Waals surface area contributed by atoms with Crippen molar-refractivity contribution in [3.63, 3.8) is 0 Å². The number of hydrogen-bond acceptors (Lipinski definition) is 2. The van der Waals surface area contributed by atoms with Gasteiger partial charge in [-0.2, -0.15) is 0 Å². The van der Waals surface area contributed by atoms with Crippen molar-refractivity contribution in [1.29, 1.82) is 0 Å². The lowest BCUT2D eigenvalue weighted by Gasteiger charge is -2.16. The molecule has 1 amide bonds. The quantitative estimate of drug-likeness (QED) is 0.871. The number of rotatable bonds is 2. The number of benzene rings is 1. The molecular weight excluding hydrogens is 236 g/mol. The SMILES string of the molecule is CC1CN(C(=O)Cc2ccccc2Cl)CC1N. The summed E-state index contributed by atoms with van der Waals surface area (Å²) in [5, 5.41) is 0.650. The molecule has 1 aromatic carbocycles. The van der Waals surface area contributed by atoms with Crippen LogP contribution >= 0.6 is 11.6 Å². The Hall–Kier alpha value is -1.06. The maximum atomic E-state index is 12.1. The second kappa shape index (κ2) is 5.07. The first-order chi connectivity index (χ1) is 8.08. The summed E-state index contributed by atoms with van der Waals surface area (Å²) in [6.07, 6.45) is 0.360. The summed E-state index contributed by atoms with van der Waals surface area (Å²) >= 11 is 6.04. The number of carbonyl (C=O) groups excluding carboxylic acids is 1. The van der Waals surface area contributed by atoms with E-state index in [1.54, 1.807) is 0 Å². The van der Waals surface area contributed by atoms with E-state index in [0.29, 0.717) is 23.9 Å². The topological polar surface area (TPSA) is 46.3 Å². The molecular formula is C13H17ClN2O. The monoisotopic (exact) mass is 252 g/mol. The number of halogens is 1. The highest BCUT2D eigenvalue weighted by molar-refractivity contribution is 6.31. The van der Waals surface area contributed by atoms with Gasteiger partial charge in [0.2, 0.25) is 5.91 Å². The van der Waals surface area contributed by atoms with Gasteiger partial charge < -0.3 is 10.6 Å². The molecule has 2 N–H and O–H groups in total. The highest BCUT2D eigenvalue weighted by Crippen LogP contribution is 2.19. The van der Waals surface area contributed by atoms with Crippen molar-refractivity contribution >= 4 is 17.5 Å². The molecule has 1 saturated heterocycles. The zero-order chi connectivity index (χ0) is 12.4. The molecule has 92 valence electrons. The third kappa shape index (κ3) is 2.79. The van der Waals surface area contributed by atoms with Crippen LogP contribution in [0.3, 0.4) is 0 Å². The molecule has 1 aromatic rings. The fraction of sp³-hybridized carbons (Fsp3) is 0.462. The van der Waals surface area contributed by atoms with Crippen LogP contribution in [-0.4, -0.2) is 29.9 Å². The standard InChI is InChI=1S/C13H17ClN2O/c1-9-7-16(8-12(9)15)13(17)6-10-4-2-3-5-11(10)14/h2-5,9,12H,6-8,15H2,1H3. The number of nitrogens with two attached hydrogens (primary N) is 1. The number of nitrogens with zero attached hydrogens (tertiary/aromatic N) is 1. The van der Waals surface area contributed by atoms with Crippen LogP contribution in [-0.2, 0) is 11.2 Å². The normalized spacial score (nSPS) is 24.1. The number of amides is 1. The lowest BCUT2D eigenvalue weighted by atomic mass is 10.1. The summed E-state index contributed by atoms with van der Waals surface area (Å²) in [5.74, 6) is 0.489. The Morgan fingerprint density at radius 1 is 1.47 bits per heavy atom. The van der Waals surface area contributed by atoms with E-state index < -0.39 is 0 Å². The Bertz CT molecular complexity index is 412. The minimum absolute atomic E-state index is 0.102. The molecule has 1 aliphatic rings. The Kier molecular flexibility index (Phi) is 3.69. The van der Waals surface area contributed by atoms with Gasteiger partial charge in [0.05, 0.1) is 6.42 Å². The third-order valence-corrected chi connectivity index (χ3v) is 3.69. The van der Waals surface area contributed by atoms with Crippen LogP contribution in [0.2, 0.25) is 5.02 Å². The number of carbonyl (C=O) groups is 1. The molecule has 17 heavy (non-hydrogen) atoms. The maximum absolute atomic E-state index is 12.1. The van der Waals surface area contributed by atoms with Gasteiger partial charge in [0, 0.05) is 24.2 Å². The van der Waals surface area contributed by atoms with Gasteiger partial charge in [-0.05, 0) is 17.5 Å². The minimum atomic E-state index is 0.102. The average molecular weight is 253 g/mol. The first kappa shape index (κ1) is 12.4. The van der Waals surface area contributed by atoms with E-state index in [0.717, 1.165) is 12.1 Å². The van der Waals surface area contributed by atoms with Gasteiger partial charge in [-0.1, -0.05) is 36.7 Å². The fourth-order valence-corrected chi connectivity index (χ4v) is 2.31. The molecule has 0 saturated carbocycles. The van der Waals surface area contributed by atoms with E-state index in [9.17, 15) is 4.79 Å². The van der Waals surface area contributed by atoms with E-state index in [1.807, 2.05) is 29.2 Å². The van der Waals surface area contributed by atoms with E-state index >= 15 is 0 Å². The van der Waals surface area contributed by atoms with Crippen molar-refractivity contribution in [2.24, 2.45) is 11.7 Å². The van der Waals surface area contributed by atoms with E-state index in [1.165, 1.54) is 0 Å². The van der Waals surface area contributed by atoms with Crippen LogP contribution in [0.4, 0.5) is 0 Å². The van der Waals surface area contributed by atoms with Crippen LogP contribution in [0, 0.1) is 5.92 Å². The van der Waals surface area contributed by atoms with Crippen molar-refractivity contribution in [3.05, 3.63) is 34.9 Å². The molecule has 0 spiro atoms. The van der Waals surface area contributed by atoms with Crippen LogP contribution in [0.15, 0.2) is 24.3 Å². The van der Waals surface area contributed by atoms with Crippen LogP contribution in [0.5, 0.6) is 0 Å². The molecule has 0 radical (unpaired) electrons. The Labute approximate surface area is 107 Å². The molecule has 0 aromatic heterocycles. The van der Waals surface area contributed by atoms with Crippen molar-refractivity contribution < 1.29 is 4.79 Å². The minimum Gasteiger partial charge on any atom is -0.341 e. The third-order valence-electron chi connectivity index (χ3n) is 3.32. The first-order valence-corrected chi connectivity index (χ1v) is 6.22. The summed E-state index contributed by atoms with van der Waals surface area (Å²) < 4.78 is 0. The van der Waals surface area contributed by atoms with E-state index in [-0.39, 0.29) is 11.9 Å². The Balaban J connectivity index is 2.01. The average Bonchev–Trinajstić information content (AvgIpc) is 2.63. The lowest BCUT2D eigenvalue weighted by molar-refractivity contribution is -0.129. The largest absolute Gasteiger partial charge is 0.341 e. The summed E-state index contributed by atoms with van der Waals surface area (Å²) in [5.41, 5.74) is 6.79. The Morgan fingerprint density at radius 2 is 2.18 bits per heavy atom. The predicted octanol–water partition coefficient (Wildman–Crippen LogP) is 1.69. The highest BCUT2D eigenvalue weighted by Gasteiger charge is 2.29. The molecule has 0 bridgehead atoms. The number of hydrogen-bond donors (Lipinski definition) is 1. The van der Waals surface area contributed by atoms with E-state index in [2.05, 4.69) is 6.92 Å². The molecule has 1 aliphatic heterocycles. The number of likely N-dealkylation sites (tertiary alicyclic amines) is 1. The maximum Gasteiger partial charge on any atom is 0.227 e. The molecule has 1 fully saturated rings. The van der Waals surface area contributed by atoms with E-state index in [4.69, 9.17) is 17.3 Å².